The lowest BCUT2D eigenvalue weighted by Crippen LogP contribution is -2.36. The lowest BCUT2D eigenvalue weighted by atomic mass is 10.1. The summed E-state index contributed by atoms with van der Waals surface area (Å²) in [6.07, 6.45) is 0.0254. The van der Waals surface area contributed by atoms with Gasteiger partial charge in [-0.1, -0.05) is 30.3 Å². The third kappa shape index (κ3) is 4.42. The number of ether oxygens (including phenoxy) is 1. The molecule has 5 nitrogen and oxygen atoms in total. The average molecular weight is 374 g/mol. The van der Waals surface area contributed by atoms with Crippen molar-refractivity contribution in [3.8, 4) is 0 Å². The summed E-state index contributed by atoms with van der Waals surface area (Å²) < 4.78 is 31.7. The molecule has 0 saturated carbocycles. The van der Waals surface area contributed by atoms with Crippen LogP contribution in [0.4, 0.5) is 19.3 Å². The van der Waals surface area contributed by atoms with Gasteiger partial charge in [-0.25, -0.2) is 13.6 Å². The molecule has 3 rings (SSSR count). The average Bonchev–Trinajstić information content (AvgIpc) is 3.18. The molecule has 2 amide bonds. The molecule has 1 atom stereocenters. The van der Waals surface area contributed by atoms with Crippen LogP contribution in [0.15, 0.2) is 48.5 Å². The van der Waals surface area contributed by atoms with Crippen LogP contribution in [0.1, 0.15) is 12.0 Å². The van der Waals surface area contributed by atoms with Crippen molar-refractivity contribution in [2.75, 3.05) is 25.0 Å². The molecule has 1 aliphatic rings. The topological polar surface area (TPSA) is 49.9 Å². The van der Waals surface area contributed by atoms with Crippen molar-refractivity contribution in [3.05, 3.63) is 65.7 Å². The summed E-state index contributed by atoms with van der Waals surface area (Å²) in [7, 11) is 1.51. The lowest BCUT2D eigenvalue weighted by molar-refractivity contribution is -0.121. The fraction of sp³-hybridized carbons (Fsp3) is 0.300. The predicted molar refractivity (Wildman–Crippen MR) is 96.1 cm³/mol. The molecule has 0 spiro atoms. The van der Waals surface area contributed by atoms with Crippen molar-refractivity contribution in [1.29, 1.82) is 0 Å². The molecule has 7 heteroatoms. The van der Waals surface area contributed by atoms with Gasteiger partial charge in [-0.2, -0.15) is 0 Å². The Bertz CT molecular complexity index is 829. The van der Waals surface area contributed by atoms with Crippen molar-refractivity contribution >= 4 is 17.7 Å². The number of halogens is 2. The van der Waals surface area contributed by atoms with E-state index in [1.807, 2.05) is 30.3 Å². The SMILES string of the molecule is CN(C(=O)C1CCN(C(=O)OCc2ccccc2)C1)c1ccc(F)c(F)c1. The molecule has 1 aliphatic heterocycles. The third-order valence-electron chi connectivity index (χ3n) is 4.62. The van der Waals surface area contributed by atoms with Crippen LogP contribution < -0.4 is 4.90 Å². The Labute approximate surface area is 156 Å². The molecule has 27 heavy (non-hydrogen) atoms. The molecule has 0 radical (unpaired) electrons. The Kier molecular flexibility index (Phi) is 5.69. The Morgan fingerprint density at radius 1 is 1.15 bits per heavy atom. The number of amides is 2. The molecule has 0 aliphatic carbocycles. The zero-order valence-electron chi connectivity index (χ0n) is 14.9. The maximum absolute atomic E-state index is 13.4. The Hall–Kier alpha value is -2.96. The zero-order valence-corrected chi connectivity index (χ0v) is 14.9. The van der Waals surface area contributed by atoms with Crippen molar-refractivity contribution in [2.24, 2.45) is 5.92 Å². The minimum Gasteiger partial charge on any atom is -0.445 e. The van der Waals surface area contributed by atoms with E-state index < -0.39 is 23.6 Å². The molecule has 0 aromatic heterocycles. The van der Waals surface area contributed by atoms with Gasteiger partial charge in [0.1, 0.15) is 6.61 Å². The van der Waals surface area contributed by atoms with Gasteiger partial charge in [-0.3, -0.25) is 4.79 Å². The van der Waals surface area contributed by atoms with Crippen LogP contribution in [-0.2, 0) is 16.1 Å². The van der Waals surface area contributed by atoms with Crippen LogP contribution in [0.5, 0.6) is 0 Å². The summed E-state index contributed by atoms with van der Waals surface area (Å²) in [6, 6.07) is 12.6. The van der Waals surface area contributed by atoms with E-state index in [1.165, 1.54) is 22.9 Å². The highest BCUT2D eigenvalue weighted by Crippen LogP contribution is 2.23. The van der Waals surface area contributed by atoms with Gasteiger partial charge in [0.25, 0.3) is 0 Å². The molecular weight excluding hydrogens is 354 g/mol. The van der Waals surface area contributed by atoms with Gasteiger partial charge in [0.15, 0.2) is 11.6 Å². The number of carbonyl (C=O) groups is 2. The van der Waals surface area contributed by atoms with E-state index in [4.69, 9.17) is 4.74 Å². The smallest absolute Gasteiger partial charge is 0.410 e. The molecule has 1 saturated heterocycles. The molecular formula is C20H20F2N2O3. The zero-order chi connectivity index (χ0) is 19.4. The Morgan fingerprint density at radius 3 is 2.59 bits per heavy atom. The number of benzene rings is 2. The molecule has 1 fully saturated rings. The van der Waals surface area contributed by atoms with E-state index in [1.54, 1.807) is 0 Å². The van der Waals surface area contributed by atoms with Gasteiger partial charge in [0, 0.05) is 31.9 Å². The van der Waals surface area contributed by atoms with E-state index in [-0.39, 0.29) is 24.7 Å². The van der Waals surface area contributed by atoms with Gasteiger partial charge in [0.2, 0.25) is 5.91 Å². The van der Waals surface area contributed by atoms with Crippen molar-refractivity contribution < 1.29 is 23.1 Å². The van der Waals surface area contributed by atoms with Crippen molar-refractivity contribution in [1.82, 2.24) is 4.90 Å². The summed E-state index contributed by atoms with van der Waals surface area (Å²) in [5.74, 6) is -2.63. The number of hydrogen-bond donors (Lipinski definition) is 0. The van der Waals surface area contributed by atoms with Gasteiger partial charge in [0.05, 0.1) is 5.92 Å². The standard InChI is InChI=1S/C20H20F2N2O3/c1-23(16-7-8-17(21)18(22)11-16)19(25)15-9-10-24(12-15)20(26)27-13-14-5-3-2-4-6-14/h2-8,11,15H,9-10,12-13H2,1H3. The molecule has 1 heterocycles. The highest BCUT2D eigenvalue weighted by atomic mass is 19.2. The van der Waals surface area contributed by atoms with Crippen LogP contribution in [0.3, 0.4) is 0 Å². The minimum atomic E-state index is -1.01. The summed E-state index contributed by atoms with van der Waals surface area (Å²) in [6.45, 7) is 0.819. The van der Waals surface area contributed by atoms with Crippen LogP contribution in [0.2, 0.25) is 0 Å². The summed E-state index contributed by atoms with van der Waals surface area (Å²) >= 11 is 0. The molecule has 142 valence electrons. The largest absolute Gasteiger partial charge is 0.445 e. The number of hydrogen-bond acceptors (Lipinski definition) is 3. The first-order chi connectivity index (χ1) is 13.0. The maximum atomic E-state index is 13.4. The van der Waals surface area contributed by atoms with Gasteiger partial charge in [-0.15, -0.1) is 0 Å². The van der Waals surface area contributed by atoms with E-state index in [0.29, 0.717) is 13.0 Å². The summed E-state index contributed by atoms with van der Waals surface area (Å²) in [5, 5.41) is 0. The molecule has 0 bridgehead atoms. The second kappa shape index (κ2) is 8.16. The highest BCUT2D eigenvalue weighted by Gasteiger charge is 2.34. The summed E-state index contributed by atoms with van der Waals surface area (Å²) in [4.78, 5) is 27.6. The molecule has 2 aromatic rings. The van der Waals surface area contributed by atoms with Gasteiger partial charge < -0.3 is 14.5 Å². The minimum absolute atomic E-state index is 0.170. The first-order valence-corrected chi connectivity index (χ1v) is 8.64. The molecule has 0 N–H and O–H groups in total. The van der Waals surface area contributed by atoms with E-state index in [2.05, 4.69) is 0 Å². The first kappa shape index (κ1) is 18.8. The van der Waals surface area contributed by atoms with Crippen LogP contribution in [-0.4, -0.2) is 37.0 Å². The number of carbonyl (C=O) groups excluding carboxylic acids is 2. The lowest BCUT2D eigenvalue weighted by Gasteiger charge is -2.22. The predicted octanol–water partition coefficient (Wildman–Crippen LogP) is 3.59. The van der Waals surface area contributed by atoms with Crippen molar-refractivity contribution in [2.45, 2.75) is 13.0 Å². The highest BCUT2D eigenvalue weighted by molar-refractivity contribution is 5.95. The Balaban J connectivity index is 1.55. The van der Waals surface area contributed by atoms with Crippen LogP contribution in [0.25, 0.3) is 0 Å². The fourth-order valence-electron chi connectivity index (χ4n) is 3.03. The fourth-order valence-corrected chi connectivity index (χ4v) is 3.03. The normalized spacial score (nSPS) is 16.3. The van der Waals surface area contributed by atoms with E-state index in [0.717, 1.165) is 17.7 Å². The van der Waals surface area contributed by atoms with E-state index in [9.17, 15) is 18.4 Å². The molecule has 1 unspecified atom stereocenters. The van der Waals surface area contributed by atoms with Crippen LogP contribution >= 0.6 is 0 Å². The van der Waals surface area contributed by atoms with Crippen LogP contribution in [0, 0.1) is 17.6 Å². The second-order valence-electron chi connectivity index (χ2n) is 6.47. The number of rotatable bonds is 4. The van der Waals surface area contributed by atoms with E-state index >= 15 is 0 Å². The van der Waals surface area contributed by atoms with Gasteiger partial charge >= 0.3 is 6.09 Å². The first-order valence-electron chi connectivity index (χ1n) is 8.64. The second-order valence-corrected chi connectivity index (χ2v) is 6.47. The number of likely N-dealkylation sites (tertiary alicyclic amines) is 1. The number of nitrogens with zero attached hydrogens (tertiary/aromatic N) is 2. The van der Waals surface area contributed by atoms with Gasteiger partial charge in [-0.05, 0) is 24.1 Å². The van der Waals surface area contributed by atoms with Crippen molar-refractivity contribution in [3.63, 3.8) is 0 Å². The Morgan fingerprint density at radius 2 is 1.89 bits per heavy atom. The monoisotopic (exact) mass is 374 g/mol. The summed E-state index contributed by atoms with van der Waals surface area (Å²) in [5.41, 5.74) is 1.15. The quantitative estimate of drug-likeness (QED) is 0.822. The maximum Gasteiger partial charge on any atom is 0.410 e. The third-order valence-corrected chi connectivity index (χ3v) is 4.62. The number of anilines is 1. The molecule has 2 aromatic carbocycles.